The Morgan fingerprint density at radius 1 is 0.340 bits per heavy atom. The van der Waals surface area contributed by atoms with Crippen molar-refractivity contribution in [3.63, 3.8) is 0 Å². The molecule has 0 aliphatic heterocycles. The maximum atomic E-state index is 2.45. The van der Waals surface area contributed by atoms with Crippen LogP contribution >= 0.6 is 0 Å². The molecule has 1 aliphatic rings. The topological polar surface area (TPSA) is 3.24 Å². The molecule has 0 N–H and O–H groups in total. The van der Waals surface area contributed by atoms with Gasteiger partial charge in [0, 0.05) is 22.4 Å². The third-order valence-corrected chi connectivity index (χ3v) is 10.5. The molecule has 0 saturated carbocycles. The molecule has 1 heteroatoms. The fourth-order valence-electron chi connectivity index (χ4n) is 7.82. The summed E-state index contributed by atoms with van der Waals surface area (Å²) in [4.78, 5) is 2.45. The molecule has 0 atom stereocenters. The fourth-order valence-corrected chi connectivity index (χ4v) is 7.82. The monoisotopic (exact) mass is 639 g/mol. The first-order valence-corrected chi connectivity index (χ1v) is 17.4. The van der Waals surface area contributed by atoms with Crippen LogP contribution in [-0.2, 0) is 5.41 Å². The van der Waals surface area contributed by atoms with Gasteiger partial charge in [0.2, 0.25) is 0 Å². The minimum atomic E-state index is -0.104. The summed E-state index contributed by atoms with van der Waals surface area (Å²) in [5.74, 6) is 0. The average molecular weight is 640 g/mol. The van der Waals surface area contributed by atoms with Gasteiger partial charge in [0.25, 0.3) is 0 Å². The Balaban J connectivity index is 1.23. The summed E-state index contributed by atoms with van der Waals surface area (Å²) in [5, 5.41) is 2.51. The lowest BCUT2D eigenvalue weighted by Gasteiger charge is -2.30. The van der Waals surface area contributed by atoms with Crippen molar-refractivity contribution in [2.24, 2.45) is 0 Å². The third-order valence-electron chi connectivity index (χ3n) is 10.5. The van der Waals surface area contributed by atoms with Gasteiger partial charge in [0.1, 0.15) is 0 Å². The van der Waals surface area contributed by atoms with Crippen LogP contribution in [0.1, 0.15) is 25.0 Å². The van der Waals surface area contributed by atoms with Crippen molar-refractivity contribution >= 4 is 27.8 Å². The highest BCUT2D eigenvalue weighted by atomic mass is 15.1. The summed E-state index contributed by atoms with van der Waals surface area (Å²) < 4.78 is 0. The van der Waals surface area contributed by atoms with Crippen LogP contribution in [0, 0.1) is 0 Å². The number of hydrogen-bond donors (Lipinski definition) is 0. The first-order chi connectivity index (χ1) is 24.5. The smallest absolute Gasteiger partial charge is 0.0540 e. The van der Waals surface area contributed by atoms with Crippen molar-refractivity contribution in [2.45, 2.75) is 19.3 Å². The molecule has 0 amide bonds. The third kappa shape index (κ3) is 5.11. The van der Waals surface area contributed by atoms with Gasteiger partial charge >= 0.3 is 0 Å². The fraction of sp³-hybridized carbons (Fsp3) is 0.0612. The first kappa shape index (κ1) is 29.9. The van der Waals surface area contributed by atoms with Crippen molar-refractivity contribution < 1.29 is 0 Å². The number of anilines is 3. The van der Waals surface area contributed by atoms with Crippen LogP contribution in [0.25, 0.3) is 55.3 Å². The Morgan fingerprint density at radius 2 is 0.900 bits per heavy atom. The van der Waals surface area contributed by atoms with E-state index in [1.165, 1.54) is 66.4 Å². The summed E-state index contributed by atoms with van der Waals surface area (Å²) in [5.41, 5.74) is 15.9. The Bertz CT molecular complexity index is 2490. The van der Waals surface area contributed by atoms with Crippen LogP contribution in [0.5, 0.6) is 0 Å². The van der Waals surface area contributed by atoms with Crippen LogP contribution in [0.2, 0.25) is 0 Å². The lowest BCUT2D eigenvalue weighted by Crippen LogP contribution is -2.17. The Morgan fingerprint density at radius 3 is 1.68 bits per heavy atom. The van der Waals surface area contributed by atoms with E-state index in [1.54, 1.807) is 0 Å². The van der Waals surface area contributed by atoms with Gasteiger partial charge in [0.15, 0.2) is 0 Å². The van der Waals surface area contributed by atoms with Crippen LogP contribution in [0.4, 0.5) is 17.1 Å². The van der Waals surface area contributed by atoms with Gasteiger partial charge in [-0.05, 0) is 103 Å². The van der Waals surface area contributed by atoms with Gasteiger partial charge in [-0.15, -0.1) is 0 Å². The van der Waals surface area contributed by atoms with E-state index >= 15 is 0 Å². The number of nitrogens with zero attached hydrogens (tertiary/aromatic N) is 1. The van der Waals surface area contributed by atoms with Crippen molar-refractivity contribution in [1.82, 2.24) is 0 Å². The van der Waals surface area contributed by atoms with E-state index in [2.05, 4.69) is 207 Å². The SMILES string of the molecule is CC1(C)c2ccccc2-c2ccc(N(c3ccc(-c4ccc5ccccc5c4)cc3)c3ccc(-c4ccccc4)cc3-c3ccccc3)cc21. The standard InChI is InChI=1S/C49H37N/c1-49(2)46-20-12-11-19-43(46)44-29-28-42(33-47(44)49)50(41-26-23-36(24-27-41)39-22-21-35-15-9-10-18-38(35)31-39)48-30-25-40(34-13-5-3-6-14-34)32-45(48)37-16-7-4-8-17-37/h3-33H,1-2H3. The average Bonchev–Trinajstić information content (AvgIpc) is 3.41. The van der Waals surface area contributed by atoms with E-state index < -0.39 is 0 Å². The quantitative estimate of drug-likeness (QED) is 0.175. The molecule has 0 saturated heterocycles. The molecule has 238 valence electrons. The molecular formula is C49H37N. The molecule has 0 aromatic heterocycles. The van der Waals surface area contributed by atoms with E-state index in [0.29, 0.717) is 0 Å². The van der Waals surface area contributed by atoms with Crippen LogP contribution in [0.3, 0.4) is 0 Å². The van der Waals surface area contributed by atoms with E-state index in [1.807, 2.05) is 0 Å². The van der Waals surface area contributed by atoms with E-state index in [9.17, 15) is 0 Å². The molecule has 0 fully saturated rings. The summed E-state index contributed by atoms with van der Waals surface area (Å²) in [6.07, 6.45) is 0. The molecule has 0 radical (unpaired) electrons. The zero-order chi connectivity index (χ0) is 33.7. The second-order valence-corrected chi connectivity index (χ2v) is 13.8. The predicted octanol–water partition coefficient (Wildman–Crippen LogP) is 13.6. The van der Waals surface area contributed by atoms with Crippen molar-refractivity contribution in [1.29, 1.82) is 0 Å². The molecule has 0 spiro atoms. The van der Waals surface area contributed by atoms with Crippen LogP contribution < -0.4 is 4.90 Å². The second-order valence-electron chi connectivity index (χ2n) is 13.8. The Kier molecular flexibility index (Phi) is 7.21. The highest BCUT2D eigenvalue weighted by molar-refractivity contribution is 5.93. The molecule has 0 bridgehead atoms. The number of rotatable bonds is 6. The van der Waals surface area contributed by atoms with E-state index in [0.717, 1.165) is 17.1 Å². The van der Waals surface area contributed by atoms with Gasteiger partial charge in [0.05, 0.1) is 5.69 Å². The Labute approximate surface area is 294 Å². The van der Waals surface area contributed by atoms with Crippen molar-refractivity contribution in [3.05, 3.63) is 199 Å². The lowest BCUT2D eigenvalue weighted by molar-refractivity contribution is 0.660. The van der Waals surface area contributed by atoms with Gasteiger partial charge < -0.3 is 4.90 Å². The normalized spacial score (nSPS) is 12.8. The largest absolute Gasteiger partial charge is 0.310 e. The van der Waals surface area contributed by atoms with E-state index in [4.69, 9.17) is 0 Å². The number of benzene rings is 8. The summed E-state index contributed by atoms with van der Waals surface area (Å²) >= 11 is 0. The highest BCUT2D eigenvalue weighted by Gasteiger charge is 2.35. The minimum Gasteiger partial charge on any atom is -0.310 e. The number of fused-ring (bicyclic) bond motifs is 4. The zero-order valence-corrected chi connectivity index (χ0v) is 28.3. The minimum absolute atomic E-state index is 0.104. The van der Waals surface area contributed by atoms with Crippen LogP contribution in [-0.4, -0.2) is 0 Å². The maximum Gasteiger partial charge on any atom is 0.0540 e. The molecule has 1 aliphatic carbocycles. The summed E-state index contributed by atoms with van der Waals surface area (Å²) in [6.45, 7) is 4.71. The van der Waals surface area contributed by atoms with Gasteiger partial charge in [-0.2, -0.15) is 0 Å². The maximum absolute atomic E-state index is 2.45. The molecule has 0 unspecified atom stereocenters. The predicted molar refractivity (Wildman–Crippen MR) is 213 cm³/mol. The van der Waals surface area contributed by atoms with Crippen molar-refractivity contribution in [3.8, 4) is 44.5 Å². The highest BCUT2D eigenvalue weighted by Crippen LogP contribution is 2.51. The summed E-state index contributed by atoms with van der Waals surface area (Å²) in [6, 6.07) is 68.7. The molecule has 0 heterocycles. The molecular weight excluding hydrogens is 603 g/mol. The second kappa shape index (κ2) is 12.1. The molecule has 8 aromatic carbocycles. The number of hydrogen-bond acceptors (Lipinski definition) is 1. The first-order valence-electron chi connectivity index (χ1n) is 17.4. The van der Waals surface area contributed by atoms with Gasteiger partial charge in [-0.1, -0.05) is 159 Å². The molecule has 1 nitrogen and oxygen atoms in total. The summed E-state index contributed by atoms with van der Waals surface area (Å²) in [7, 11) is 0. The van der Waals surface area contributed by atoms with Crippen molar-refractivity contribution in [2.75, 3.05) is 4.90 Å². The van der Waals surface area contributed by atoms with Gasteiger partial charge in [-0.25, -0.2) is 0 Å². The van der Waals surface area contributed by atoms with Crippen LogP contribution in [0.15, 0.2) is 188 Å². The Hall–Kier alpha value is -6.18. The molecule has 50 heavy (non-hydrogen) atoms. The lowest BCUT2D eigenvalue weighted by atomic mass is 9.82. The molecule has 9 rings (SSSR count). The molecule has 8 aromatic rings. The zero-order valence-electron chi connectivity index (χ0n) is 28.3. The van der Waals surface area contributed by atoms with Gasteiger partial charge in [-0.3, -0.25) is 0 Å². The van der Waals surface area contributed by atoms with E-state index in [-0.39, 0.29) is 5.41 Å².